The third-order valence-corrected chi connectivity index (χ3v) is 2.85. The van der Waals surface area contributed by atoms with Gasteiger partial charge in [0.1, 0.15) is 5.75 Å². The molecule has 0 saturated heterocycles. The van der Waals surface area contributed by atoms with Crippen molar-refractivity contribution in [2.75, 3.05) is 19.7 Å². The van der Waals surface area contributed by atoms with E-state index < -0.39 is 0 Å². The van der Waals surface area contributed by atoms with Crippen LogP contribution >= 0.6 is 0 Å². The van der Waals surface area contributed by atoms with Crippen molar-refractivity contribution in [1.29, 1.82) is 0 Å². The van der Waals surface area contributed by atoms with Gasteiger partial charge in [0.15, 0.2) is 0 Å². The molecule has 4 heteroatoms. The van der Waals surface area contributed by atoms with Crippen LogP contribution in [0.4, 0.5) is 0 Å². The molecule has 0 radical (unpaired) electrons. The lowest BCUT2D eigenvalue weighted by Gasteiger charge is -2.09. The smallest absolute Gasteiger partial charge is 0.222 e. The molecule has 0 aliphatic heterocycles. The second-order valence-electron chi connectivity index (χ2n) is 5.11. The molecule has 0 aromatic heterocycles. The Labute approximate surface area is 121 Å². The fraction of sp³-hybridized carbons (Fsp3) is 0.562. The van der Waals surface area contributed by atoms with Crippen LogP contribution in [0.3, 0.4) is 0 Å². The molecule has 0 aliphatic rings. The monoisotopic (exact) mass is 278 g/mol. The molecule has 0 spiro atoms. The molecule has 0 aliphatic carbocycles. The molecule has 1 aromatic carbocycles. The van der Waals surface area contributed by atoms with Crippen LogP contribution in [0.1, 0.15) is 32.8 Å². The molecule has 2 N–H and O–H groups in total. The van der Waals surface area contributed by atoms with Gasteiger partial charge in [0, 0.05) is 25.6 Å². The normalized spacial score (nSPS) is 10.6. The summed E-state index contributed by atoms with van der Waals surface area (Å²) in [6, 6.07) is 8.11. The third kappa shape index (κ3) is 6.57. The van der Waals surface area contributed by atoms with Gasteiger partial charge >= 0.3 is 0 Å². The number of rotatable bonds is 9. The fourth-order valence-electron chi connectivity index (χ4n) is 1.63. The minimum Gasteiger partial charge on any atom is -0.494 e. The Hall–Kier alpha value is -1.55. The lowest BCUT2D eigenvalue weighted by atomic mass is 10.2. The number of ether oxygens (including phenoxy) is 1. The number of hydrogen-bond acceptors (Lipinski definition) is 3. The molecule has 0 bridgehead atoms. The molecule has 20 heavy (non-hydrogen) atoms. The van der Waals surface area contributed by atoms with Crippen molar-refractivity contribution in [2.24, 2.45) is 5.92 Å². The second-order valence-corrected chi connectivity index (χ2v) is 5.11. The van der Waals surface area contributed by atoms with Gasteiger partial charge in [0.25, 0.3) is 0 Å². The van der Waals surface area contributed by atoms with Crippen LogP contribution in [0.25, 0.3) is 0 Å². The van der Waals surface area contributed by atoms with E-state index in [-0.39, 0.29) is 11.8 Å². The van der Waals surface area contributed by atoms with E-state index in [1.807, 2.05) is 26.0 Å². The van der Waals surface area contributed by atoms with E-state index in [9.17, 15) is 4.79 Å². The summed E-state index contributed by atoms with van der Waals surface area (Å²) in [7, 11) is 0. The maximum atomic E-state index is 11.3. The van der Waals surface area contributed by atoms with Crippen LogP contribution in [-0.4, -0.2) is 25.6 Å². The standard InChI is InChI=1S/C16H26N2O2/c1-4-11-20-15-7-5-14(6-8-15)12-17-9-10-18-16(19)13(2)3/h5-8,13,17H,4,9-12H2,1-3H3,(H,18,19). The van der Waals surface area contributed by atoms with Gasteiger partial charge in [0.2, 0.25) is 5.91 Å². The van der Waals surface area contributed by atoms with Crippen molar-refractivity contribution in [3.63, 3.8) is 0 Å². The van der Waals surface area contributed by atoms with Crippen molar-refractivity contribution >= 4 is 5.91 Å². The zero-order chi connectivity index (χ0) is 14.8. The highest BCUT2D eigenvalue weighted by atomic mass is 16.5. The fourth-order valence-corrected chi connectivity index (χ4v) is 1.63. The van der Waals surface area contributed by atoms with Crippen LogP contribution in [0.2, 0.25) is 0 Å². The molecule has 0 unspecified atom stereocenters. The van der Waals surface area contributed by atoms with Gasteiger partial charge in [-0.2, -0.15) is 0 Å². The largest absolute Gasteiger partial charge is 0.494 e. The highest BCUT2D eigenvalue weighted by molar-refractivity contribution is 5.77. The first-order chi connectivity index (χ1) is 9.63. The summed E-state index contributed by atoms with van der Waals surface area (Å²) in [4.78, 5) is 11.3. The number of hydrogen-bond donors (Lipinski definition) is 2. The van der Waals surface area contributed by atoms with E-state index in [4.69, 9.17) is 4.74 Å². The average molecular weight is 278 g/mol. The molecule has 1 aromatic rings. The van der Waals surface area contributed by atoms with E-state index in [1.54, 1.807) is 0 Å². The zero-order valence-electron chi connectivity index (χ0n) is 12.7. The topological polar surface area (TPSA) is 50.4 Å². The van der Waals surface area contributed by atoms with Crippen molar-refractivity contribution < 1.29 is 9.53 Å². The summed E-state index contributed by atoms with van der Waals surface area (Å²) in [5.41, 5.74) is 1.21. The van der Waals surface area contributed by atoms with Gasteiger partial charge in [-0.25, -0.2) is 0 Å². The van der Waals surface area contributed by atoms with Crippen LogP contribution in [-0.2, 0) is 11.3 Å². The third-order valence-electron chi connectivity index (χ3n) is 2.85. The Morgan fingerprint density at radius 2 is 1.90 bits per heavy atom. The van der Waals surface area contributed by atoms with Gasteiger partial charge in [-0.15, -0.1) is 0 Å². The van der Waals surface area contributed by atoms with Gasteiger partial charge in [-0.3, -0.25) is 4.79 Å². The minimum absolute atomic E-state index is 0.0469. The summed E-state index contributed by atoms with van der Waals surface area (Å²) >= 11 is 0. The van der Waals surface area contributed by atoms with Crippen LogP contribution in [0, 0.1) is 5.92 Å². The molecular formula is C16H26N2O2. The SMILES string of the molecule is CCCOc1ccc(CNCCNC(=O)C(C)C)cc1. The van der Waals surface area contributed by atoms with E-state index >= 15 is 0 Å². The molecule has 1 rings (SSSR count). The summed E-state index contributed by atoms with van der Waals surface area (Å²) in [5.74, 6) is 1.06. The number of nitrogens with one attached hydrogen (secondary N) is 2. The minimum atomic E-state index is 0.0469. The van der Waals surface area contributed by atoms with Crippen molar-refractivity contribution in [3.05, 3.63) is 29.8 Å². The Kier molecular flexibility index (Phi) is 7.73. The van der Waals surface area contributed by atoms with E-state index in [1.165, 1.54) is 5.56 Å². The van der Waals surface area contributed by atoms with E-state index in [0.717, 1.165) is 31.9 Å². The van der Waals surface area contributed by atoms with Crippen LogP contribution < -0.4 is 15.4 Å². The Morgan fingerprint density at radius 1 is 1.20 bits per heavy atom. The zero-order valence-corrected chi connectivity index (χ0v) is 12.7. The predicted molar refractivity (Wildman–Crippen MR) is 81.8 cm³/mol. The molecule has 0 heterocycles. The summed E-state index contributed by atoms with van der Waals surface area (Å²) in [6.45, 7) is 8.87. The average Bonchev–Trinajstić information content (AvgIpc) is 2.45. The maximum absolute atomic E-state index is 11.3. The van der Waals surface area contributed by atoms with Crippen molar-refractivity contribution in [2.45, 2.75) is 33.7 Å². The molecule has 0 fully saturated rings. The predicted octanol–water partition coefficient (Wildman–Crippen LogP) is 2.34. The maximum Gasteiger partial charge on any atom is 0.222 e. The molecule has 0 saturated carbocycles. The number of benzene rings is 1. The van der Waals surface area contributed by atoms with E-state index in [2.05, 4.69) is 29.7 Å². The highest BCUT2D eigenvalue weighted by Gasteiger charge is 2.04. The first-order valence-electron chi connectivity index (χ1n) is 7.33. The summed E-state index contributed by atoms with van der Waals surface area (Å²) in [6.07, 6.45) is 1.02. The van der Waals surface area contributed by atoms with E-state index in [0.29, 0.717) is 6.54 Å². The molecule has 112 valence electrons. The summed E-state index contributed by atoms with van der Waals surface area (Å²) < 4.78 is 5.53. The number of carbonyl (C=O) groups is 1. The molecule has 0 atom stereocenters. The Morgan fingerprint density at radius 3 is 2.50 bits per heavy atom. The summed E-state index contributed by atoms with van der Waals surface area (Å²) in [5, 5.41) is 6.18. The molecule has 4 nitrogen and oxygen atoms in total. The van der Waals surface area contributed by atoms with Crippen LogP contribution in [0.5, 0.6) is 5.75 Å². The van der Waals surface area contributed by atoms with Gasteiger partial charge in [0.05, 0.1) is 6.61 Å². The number of carbonyl (C=O) groups excluding carboxylic acids is 1. The highest BCUT2D eigenvalue weighted by Crippen LogP contribution is 2.12. The van der Waals surface area contributed by atoms with Crippen molar-refractivity contribution in [1.82, 2.24) is 10.6 Å². The first kappa shape index (κ1) is 16.5. The van der Waals surface area contributed by atoms with Crippen LogP contribution in [0.15, 0.2) is 24.3 Å². The second kappa shape index (κ2) is 9.37. The van der Waals surface area contributed by atoms with Gasteiger partial charge in [-0.05, 0) is 24.1 Å². The lowest BCUT2D eigenvalue weighted by molar-refractivity contribution is -0.123. The van der Waals surface area contributed by atoms with Crippen molar-refractivity contribution in [3.8, 4) is 5.75 Å². The molecular weight excluding hydrogens is 252 g/mol. The quantitative estimate of drug-likeness (QED) is 0.682. The first-order valence-corrected chi connectivity index (χ1v) is 7.33. The molecule has 1 amide bonds. The van der Waals surface area contributed by atoms with Gasteiger partial charge < -0.3 is 15.4 Å². The number of amides is 1. The lowest BCUT2D eigenvalue weighted by Crippen LogP contribution is -2.34. The Balaban J connectivity index is 2.17. The Bertz CT molecular complexity index is 388. The van der Waals surface area contributed by atoms with Gasteiger partial charge in [-0.1, -0.05) is 32.9 Å².